The summed E-state index contributed by atoms with van der Waals surface area (Å²) < 4.78 is 4.58. The lowest BCUT2D eigenvalue weighted by Crippen LogP contribution is -2.25. The number of benzene rings is 1. The monoisotopic (exact) mass is 279 g/mol. The fraction of sp³-hybridized carbons (Fsp3) is 0.385. The van der Waals surface area contributed by atoms with Gasteiger partial charge in [0.15, 0.2) is 5.82 Å². The summed E-state index contributed by atoms with van der Waals surface area (Å²) in [5.74, 6) is 0.796. The van der Waals surface area contributed by atoms with Crippen LogP contribution in [0.25, 0.3) is 11.4 Å². The fourth-order valence-corrected chi connectivity index (χ4v) is 2.16. The Balaban J connectivity index is 2.03. The van der Waals surface area contributed by atoms with Gasteiger partial charge in [-0.2, -0.15) is 21.1 Å². The van der Waals surface area contributed by atoms with Crippen LogP contribution in [0.3, 0.4) is 0 Å². The third-order valence-electron chi connectivity index (χ3n) is 2.68. The van der Waals surface area contributed by atoms with Gasteiger partial charge in [0.05, 0.1) is 0 Å². The van der Waals surface area contributed by atoms with E-state index in [1.54, 1.807) is 0 Å². The molecule has 5 heteroatoms. The number of thioether (sulfide) groups is 1. The molecule has 0 atom stereocenters. The minimum atomic E-state index is 0.207. The first-order valence-electron chi connectivity index (χ1n) is 5.79. The second-order valence-corrected chi connectivity index (χ2v) is 6.87. The summed E-state index contributed by atoms with van der Waals surface area (Å²) in [5.41, 5.74) is 1.06. The standard InChI is InChI=1S/C13H17N3S2/c1-13(2,17-3)9-14-12-15-11(16-18-12)10-7-5-4-6-8-10/h4-8H,9H2,1-3H3,(H,14,15,16). The number of rotatable bonds is 5. The van der Waals surface area contributed by atoms with Crippen LogP contribution in [-0.4, -0.2) is 26.9 Å². The van der Waals surface area contributed by atoms with Crippen LogP contribution in [0.4, 0.5) is 5.13 Å². The summed E-state index contributed by atoms with van der Waals surface area (Å²) in [7, 11) is 0. The van der Waals surface area contributed by atoms with Gasteiger partial charge in [-0.3, -0.25) is 0 Å². The number of nitrogens with zero attached hydrogens (tertiary/aromatic N) is 2. The van der Waals surface area contributed by atoms with E-state index in [-0.39, 0.29) is 4.75 Å². The van der Waals surface area contributed by atoms with Crippen molar-refractivity contribution in [3.05, 3.63) is 30.3 Å². The molecule has 0 bridgehead atoms. The molecule has 0 aliphatic carbocycles. The van der Waals surface area contributed by atoms with Crippen LogP contribution in [0, 0.1) is 0 Å². The van der Waals surface area contributed by atoms with Gasteiger partial charge < -0.3 is 5.32 Å². The SMILES string of the molecule is CSC(C)(C)CNc1nc(-c2ccccc2)ns1. The molecule has 0 unspecified atom stereocenters. The molecule has 0 saturated carbocycles. The Labute approximate surface area is 116 Å². The second kappa shape index (κ2) is 5.71. The van der Waals surface area contributed by atoms with E-state index in [1.165, 1.54) is 11.5 Å². The number of hydrogen-bond acceptors (Lipinski definition) is 5. The maximum atomic E-state index is 4.50. The molecule has 96 valence electrons. The molecule has 18 heavy (non-hydrogen) atoms. The normalized spacial score (nSPS) is 11.5. The Hall–Kier alpha value is -1.07. The van der Waals surface area contributed by atoms with Gasteiger partial charge in [0.2, 0.25) is 5.13 Å². The molecule has 0 saturated heterocycles. The Morgan fingerprint density at radius 2 is 2.00 bits per heavy atom. The average Bonchev–Trinajstić information content (AvgIpc) is 2.86. The second-order valence-electron chi connectivity index (χ2n) is 4.61. The largest absolute Gasteiger partial charge is 0.359 e. The molecule has 0 aliphatic heterocycles. The van der Waals surface area contributed by atoms with E-state index in [9.17, 15) is 0 Å². The summed E-state index contributed by atoms with van der Waals surface area (Å²) in [6, 6.07) is 10.0. The van der Waals surface area contributed by atoms with E-state index in [4.69, 9.17) is 0 Å². The summed E-state index contributed by atoms with van der Waals surface area (Å²) in [5, 5.41) is 4.24. The predicted octanol–water partition coefficient (Wildman–Crippen LogP) is 3.76. The van der Waals surface area contributed by atoms with E-state index < -0.39 is 0 Å². The van der Waals surface area contributed by atoms with Gasteiger partial charge >= 0.3 is 0 Å². The highest BCUT2D eigenvalue weighted by atomic mass is 32.2. The highest BCUT2D eigenvalue weighted by Gasteiger charge is 2.16. The molecule has 1 aromatic heterocycles. The van der Waals surface area contributed by atoms with Gasteiger partial charge in [-0.1, -0.05) is 30.3 Å². The summed E-state index contributed by atoms with van der Waals surface area (Å²) in [6.07, 6.45) is 2.12. The maximum absolute atomic E-state index is 4.50. The number of anilines is 1. The highest BCUT2D eigenvalue weighted by molar-refractivity contribution is 7.99. The Bertz CT molecular complexity index is 494. The van der Waals surface area contributed by atoms with Crippen LogP contribution in [0.1, 0.15) is 13.8 Å². The first-order chi connectivity index (χ1) is 8.61. The van der Waals surface area contributed by atoms with Gasteiger partial charge in [0.1, 0.15) is 0 Å². The Morgan fingerprint density at radius 1 is 1.28 bits per heavy atom. The molecule has 1 N–H and O–H groups in total. The minimum absolute atomic E-state index is 0.207. The minimum Gasteiger partial charge on any atom is -0.359 e. The van der Waals surface area contributed by atoms with Gasteiger partial charge in [-0.05, 0) is 20.1 Å². The van der Waals surface area contributed by atoms with Gasteiger partial charge in [0.25, 0.3) is 0 Å². The zero-order valence-corrected chi connectivity index (χ0v) is 12.4. The lowest BCUT2D eigenvalue weighted by atomic mass is 10.2. The summed E-state index contributed by atoms with van der Waals surface area (Å²) in [4.78, 5) is 4.50. The van der Waals surface area contributed by atoms with Crippen molar-refractivity contribution in [1.29, 1.82) is 0 Å². The number of hydrogen-bond donors (Lipinski definition) is 1. The van der Waals surface area contributed by atoms with Crippen molar-refractivity contribution in [2.24, 2.45) is 0 Å². The summed E-state index contributed by atoms with van der Waals surface area (Å²) in [6.45, 7) is 5.31. The molecule has 3 nitrogen and oxygen atoms in total. The third-order valence-corrected chi connectivity index (χ3v) is 4.60. The van der Waals surface area contributed by atoms with Crippen LogP contribution in [0.15, 0.2) is 30.3 Å². The Kier molecular flexibility index (Phi) is 4.24. The molecule has 0 spiro atoms. The van der Waals surface area contributed by atoms with Crippen molar-refractivity contribution < 1.29 is 0 Å². The van der Waals surface area contributed by atoms with Crippen molar-refractivity contribution in [1.82, 2.24) is 9.36 Å². The van der Waals surface area contributed by atoms with Crippen LogP contribution >= 0.6 is 23.3 Å². The molecule has 2 aromatic rings. The molecular formula is C13H17N3S2. The first-order valence-corrected chi connectivity index (χ1v) is 7.79. The van der Waals surface area contributed by atoms with E-state index >= 15 is 0 Å². The fourth-order valence-electron chi connectivity index (χ4n) is 1.36. The van der Waals surface area contributed by atoms with E-state index in [2.05, 4.69) is 34.8 Å². The average molecular weight is 279 g/mol. The molecule has 2 rings (SSSR count). The summed E-state index contributed by atoms with van der Waals surface area (Å²) >= 11 is 3.26. The number of nitrogens with one attached hydrogen (secondary N) is 1. The highest BCUT2D eigenvalue weighted by Crippen LogP contribution is 2.24. The van der Waals surface area contributed by atoms with E-state index in [0.717, 1.165) is 23.1 Å². The van der Waals surface area contributed by atoms with Gasteiger partial charge in [-0.25, -0.2) is 0 Å². The van der Waals surface area contributed by atoms with Crippen molar-refractivity contribution in [3.8, 4) is 11.4 Å². The van der Waals surface area contributed by atoms with Crippen molar-refractivity contribution in [2.45, 2.75) is 18.6 Å². The molecule has 0 amide bonds. The third kappa shape index (κ3) is 3.46. The topological polar surface area (TPSA) is 37.8 Å². The Morgan fingerprint density at radius 3 is 2.67 bits per heavy atom. The lowest BCUT2D eigenvalue weighted by molar-refractivity contribution is 0.752. The lowest BCUT2D eigenvalue weighted by Gasteiger charge is -2.21. The van der Waals surface area contributed by atoms with Gasteiger partial charge in [0, 0.05) is 28.4 Å². The van der Waals surface area contributed by atoms with Crippen molar-refractivity contribution in [3.63, 3.8) is 0 Å². The molecule has 0 fully saturated rings. The smallest absolute Gasteiger partial charge is 0.202 e. The van der Waals surface area contributed by atoms with Gasteiger partial charge in [-0.15, -0.1) is 0 Å². The van der Waals surface area contributed by atoms with Crippen LogP contribution in [-0.2, 0) is 0 Å². The molecular weight excluding hydrogens is 262 g/mol. The quantitative estimate of drug-likeness (QED) is 0.904. The van der Waals surface area contributed by atoms with Crippen LogP contribution < -0.4 is 5.32 Å². The van der Waals surface area contributed by atoms with Crippen molar-refractivity contribution >= 4 is 28.4 Å². The first kappa shape index (κ1) is 13.4. The maximum Gasteiger partial charge on any atom is 0.202 e. The zero-order chi connectivity index (χ0) is 13.0. The molecule has 1 heterocycles. The molecule has 1 aromatic carbocycles. The van der Waals surface area contributed by atoms with E-state index in [1.807, 2.05) is 42.1 Å². The molecule has 0 aliphatic rings. The van der Waals surface area contributed by atoms with Crippen LogP contribution in [0.2, 0.25) is 0 Å². The van der Waals surface area contributed by atoms with E-state index in [0.29, 0.717) is 0 Å². The zero-order valence-electron chi connectivity index (χ0n) is 10.8. The predicted molar refractivity (Wildman–Crippen MR) is 81.4 cm³/mol. The number of aromatic nitrogens is 2. The van der Waals surface area contributed by atoms with Crippen LogP contribution in [0.5, 0.6) is 0 Å². The molecule has 0 radical (unpaired) electrons. The van der Waals surface area contributed by atoms with Crippen molar-refractivity contribution in [2.75, 3.05) is 18.1 Å².